The number of carbonyl (C=O) groups excluding carboxylic acids is 1. The number of urea groups is 1. The van der Waals surface area contributed by atoms with Gasteiger partial charge in [0, 0.05) is 19.3 Å². The Kier molecular flexibility index (Phi) is 4.72. The van der Waals surface area contributed by atoms with E-state index in [0.717, 1.165) is 25.9 Å². The molecule has 2 amide bonds. The number of nitrogens with one attached hydrogen (secondary N) is 1. The van der Waals surface area contributed by atoms with Crippen LogP contribution >= 0.6 is 0 Å². The van der Waals surface area contributed by atoms with Gasteiger partial charge < -0.3 is 10.6 Å². The molecule has 1 saturated heterocycles. The first kappa shape index (κ1) is 13.3. The lowest BCUT2D eigenvalue weighted by atomic mass is 10.2. The number of aromatic nitrogens is 1. The van der Waals surface area contributed by atoms with E-state index in [1.54, 1.807) is 23.2 Å². The summed E-state index contributed by atoms with van der Waals surface area (Å²) < 4.78 is 0. The first-order valence-electron chi connectivity index (χ1n) is 6.57. The van der Waals surface area contributed by atoms with Gasteiger partial charge in [0.05, 0.1) is 0 Å². The fourth-order valence-corrected chi connectivity index (χ4v) is 2.03. The van der Waals surface area contributed by atoms with Crippen molar-refractivity contribution in [2.45, 2.75) is 25.7 Å². The number of aliphatic imine (C=N–C) groups is 1. The van der Waals surface area contributed by atoms with Crippen LogP contribution in [-0.2, 0) is 0 Å². The molecule has 6 heteroatoms. The SMILES string of the molecule is N/C(=N\c1ccccn1)NC(=O)N1CCCCCC1. The van der Waals surface area contributed by atoms with Crippen molar-refractivity contribution in [2.24, 2.45) is 10.7 Å². The molecule has 2 rings (SSSR count). The second kappa shape index (κ2) is 6.72. The van der Waals surface area contributed by atoms with Gasteiger partial charge in [-0.2, -0.15) is 4.99 Å². The maximum Gasteiger partial charge on any atom is 0.324 e. The molecular formula is C13H19N5O. The number of amides is 2. The first-order chi connectivity index (χ1) is 9.25. The van der Waals surface area contributed by atoms with Crippen LogP contribution in [0.3, 0.4) is 0 Å². The van der Waals surface area contributed by atoms with E-state index in [4.69, 9.17) is 5.73 Å². The fourth-order valence-electron chi connectivity index (χ4n) is 2.03. The zero-order valence-electron chi connectivity index (χ0n) is 10.9. The third-order valence-electron chi connectivity index (χ3n) is 3.01. The highest BCUT2D eigenvalue weighted by molar-refractivity contribution is 5.96. The van der Waals surface area contributed by atoms with Gasteiger partial charge in [0.1, 0.15) is 0 Å². The van der Waals surface area contributed by atoms with Crippen LogP contribution in [0.15, 0.2) is 29.4 Å². The fraction of sp³-hybridized carbons (Fsp3) is 0.462. The Morgan fingerprint density at radius 3 is 2.63 bits per heavy atom. The quantitative estimate of drug-likeness (QED) is 0.595. The van der Waals surface area contributed by atoms with E-state index in [1.807, 2.05) is 6.07 Å². The summed E-state index contributed by atoms with van der Waals surface area (Å²) in [5, 5.41) is 2.60. The largest absolute Gasteiger partial charge is 0.369 e. The molecule has 0 aliphatic carbocycles. The van der Waals surface area contributed by atoms with E-state index >= 15 is 0 Å². The zero-order valence-corrected chi connectivity index (χ0v) is 10.9. The molecule has 0 bridgehead atoms. The third-order valence-corrected chi connectivity index (χ3v) is 3.01. The summed E-state index contributed by atoms with van der Waals surface area (Å²) in [7, 11) is 0. The van der Waals surface area contributed by atoms with E-state index in [1.165, 1.54) is 12.8 Å². The van der Waals surface area contributed by atoms with Gasteiger partial charge in [-0.15, -0.1) is 0 Å². The number of guanidine groups is 1. The zero-order chi connectivity index (χ0) is 13.5. The minimum absolute atomic E-state index is 0.0768. The predicted octanol–water partition coefficient (Wildman–Crippen LogP) is 1.61. The van der Waals surface area contributed by atoms with Crippen LogP contribution in [0.5, 0.6) is 0 Å². The number of nitrogens with zero attached hydrogens (tertiary/aromatic N) is 3. The summed E-state index contributed by atoms with van der Waals surface area (Å²) in [6.45, 7) is 1.56. The molecule has 0 aromatic carbocycles. The Balaban J connectivity index is 1.92. The molecule has 0 atom stereocenters. The van der Waals surface area contributed by atoms with Gasteiger partial charge in [0.25, 0.3) is 0 Å². The number of rotatable bonds is 1. The van der Waals surface area contributed by atoms with Crippen molar-refractivity contribution < 1.29 is 4.79 Å². The minimum Gasteiger partial charge on any atom is -0.369 e. The van der Waals surface area contributed by atoms with Crippen molar-refractivity contribution in [3.05, 3.63) is 24.4 Å². The van der Waals surface area contributed by atoms with Gasteiger partial charge in [-0.3, -0.25) is 5.32 Å². The van der Waals surface area contributed by atoms with Crippen molar-refractivity contribution in [3.63, 3.8) is 0 Å². The highest BCUT2D eigenvalue weighted by Crippen LogP contribution is 2.09. The van der Waals surface area contributed by atoms with Crippen LogP contribution in [0.2, 0.25) is 0 Å². The van der Waals surface area contributed by atoms with Crippen LogP contribution in [0.4, 0.5) is 10.6 Å². The van der Waals surface area contributed by atoms with Crippen LogP contribution < -0.4 is 11.1 Å². The molecule has 6 nitrogen and oxygen atoms in total. The molecule has 0 radical (unpaired) electrons. The molecule has 1 aliphatic rings. The van der Waals surface area contributed by atoms with Crippen LogP contribution in [0.1, 0.15) is 25.7 Å². The Morgan fingerprint density at radius 2 is 2.00 bits per heavy atom. The predicted molar refractivity (Wildman–Crippen MR) is 74.1 cm³/mol. The summed E-state index contributed by atoms with van der Waals surface area (Å²) >= 11 is 0. The van der Waals surface area contributed by atoms with E-state index < -0.39 is 0 Å². The molecule has 3 N–H and O–H groups in total. The molecule has 102 valence electrons. The molecule has 19 heavy (non-hydrogen) atoms. The second-order valence-corrected chi connectivity index (χ2v) is 4.52. The van der Waals surface area contributed by atoms with Gasteiger partial charge in [0.15, 0.2) is 5.82 Å². The lowest BCUT2D eigenvalue weighted by Gasteiger charge is -2.20. The van der Waals surface area contributed by atoms with Crippen molar-refractivity contribution in [2.75, 3.05) is 13.1 Å². The first-order valence-corrected chi connectivity index (χ1v) is 6.57. The summed E-state index contributed by atoms with van der Waals surface area (Å²) in [5.74, 6) is 0.559. The van der Waals surface area contributed by atoms with Gasteiger partial charge >= 0.3 is 6.03 Å². The highest BCUT2D eigenvalue weighted by Gasteiger charge is 2.15. The highest BCUT2D eigenvalue weighted by atomic mass is 16.2. The maximum atomic E-state index is 12.0. The molecule has 2 heterocycles. The minimum atomic E-state index is -0.181. The molecule has 1 aromatic heterocycles. The Labute approximate surface area is 112 Å². The smallest absolute Gasteiger partial charge is 0.324 e. The van der Waals surface area contributed by atoms with Crippen LogP contribution in [0.25, 0.3) is 0 Å². The second-order valence-electron chi connectivity index (χ2n) is 4.52. The normalized spacial score (nSPS) is 16.8. The van der Waals surface area contributed by atoms with Crippen LogP contribution in [0, 0.1) is 0 Å². The van der Waals surface area contributed by atoms with Gasteiger partial charge in [-0.05, 0) is 25.0 Å². The van der Waals surface area contributed by atoms with Gasteiger partial charge in [-0.25, -0.2) is 9.78 Å². The van der Waals surface area contributed by atoms with Gasteiger partial charge in [0.2, 0.25) is 5.96 Å². The van der Waals surface area contributed by atoms with E-state index in [2.05, 4.69) is 15.3 Å². The van der Waals surface area contributed by atoms with Crippen molar-refractivity contribution >= 4 is 17.8 Å². The standard InChI is InChI=1S/C13H19N5O/c14-12(16-11-7-3-4-8-15-11)17-13(19)18-9-5-1-2-6-10-18/h3-4,7-8H,1-2,5-6,9-10H2,(H3,14,15,16,17,19). The average Bonchev–Trinajstić information content (AvgIpc) is 2.68. The Morgan fingerprint density at radius 1 is 1.26 bits per heavy atom. The third kappa shape index (κ3) is 4.24. The number of hydrogen-bond donors (Lipinski definition) is 2. The summed E-state index contributed by atoms with van der Waals surface area (Å²) in [4.78, 5) is 21.8. The topological polar surface area (TPSA) is 83.6 Å². The van der Waals surface area contributed by atoms with E-state index in [0.29, 0.717) is 5.82 Å². The molecule has 1 aliphatic heterocycles. The molecule has 0 unspecified atom stereocenters. The van der Waals surface area contributed by atoms with E-state index in [-0.39, 0.29) is 12.0 Å². The molecular weight excluding hydrogens is 242 g/mol. The van der Waals surface area contributed by atoms with Crippen molar-refractivity contribution in [3.8, 4) is 0 Å². The summed E-state index contributed by atoms with van der Waals surface area (Å²) in [6, 6.07) is 5.16. The average molecular weight is 261 g/mol. The van der Waals surface area contributed by atoms with E-state index in [9.17, 15) is 4.79 Å². The lowest BCUT2D eigenvalue weighted by Crippen LogP contribution is -2.46. The number of pyridine rings is 1. The number of likely N-dealkylation sites (tertiary alicyclic amines) is 1. The Bertz CT molecular complexity index is 438. The number of carbonyl (C=O) groups is 1. The van der Waals surface area contributed by atoms with Gasteiger partial charge in [-0.1, -0.05) is 18.9 Å². The molecule has 0 spiro atoms. The lowest BCUT2D eigenvalue weighted by molar-refractivity contribution is 0.205. The molecule has 1 aromatic rings. The molecule has 1 fully saturated rings. The Hall–Kier alpha value is -2.11. The maximum absolute atomic E-state index is 12.0. The number of hydrogen-bond acceptors (Lipinski definition) is 3. The summed E-state index contributed by atoms with van der Waals surface area (Å²) in [5.41, 5.74) is 5.70. The molecule has 0 saturated carbocycles. The van der Waals surface area contributed by atoms with Crippen molar-refractivity contribution in [1.29, 1.82) is 0 Å². The van der Waals surface area contributed by atoms with Crippen LogP contribution in [-0.4, -0.2) is 35.0 Å². The summed E-state index contributed by atoms with van der Waals surface area (Å²) in [6.07, 6.45) is 6.08. The number of nitrogens with two attached hydrogens (primary N) is 1. The van der Waals surface area contributed by atoms with Crippen molar-refractivity contribution in [1.82, 2.24) is 15.2 Å². The monoisotopic (exact) mass is 261 g/mol.